The van der Waals surface area contributed by atoms with Gasteiger partial charge < -0.3 is 4.43 Å². The monoisotopic (exact) mass is 543 g/mol. The van der Waals surface area contributed by atoms with Crippen LogP contribution >= 0.6 is 15.9 Å². The summed E-state index contributed by atoms with van der Waals surface area (Å²) < 4.78 is 8.02. The van der Waals surface area contributed by atoms with E-state index in [2.05, 4.69) is 145 Å². The standard InChI is InChI=1S/C30H46BrNOSi/c1-21(2)32(22(3)4)19-18-28(26-14-12-11-13-15-26)27-16-17-30(29(31)20-27)33-34(23(5)6,24(7)8)25(9)10/h11-18,20-25H,19H2,1-10H3/b28-18-. The Kier molecular flexibility index (Phi) is 10.7. The normalized spacial score (nSPS) is 13.3. The zero-order valence-electron chi connectivity index (χ0n) is 23.0. The van der Waals surface area contributed by atoms with E-state index in [1.54, 1.807) is 0 Å². The maximum atomic E-state index is 6.98. The van der Waals surface area contributed by atoms with Gasteiger partial charge >= 0.3 is 0 Å². The largest absolute Gasteiger partial charge is 0.542 e. The number of halogens is 1. The molecule has 0 spiro atoms. The predicted molar refractivity (Wildman–Crippen MR) is 156 cm³/mol. The van der Waals surface area contributed by atoms with E-state index < -0.39 is 8.32 Å². The number of nitrogens with zero attached hydrogens (tertiary/aromatic N) is 1. The highest BCUT2D eigenvalue weighted by Gasteiger charge is 2.47. The highest BCUT2D eigenvalue weighted by Crippen LogP contribution is 2.44. The summed E-state index contributed by atoms with van der Waals surface area (Å²) in [5, 5.41) is 0. The number of rotatable bonds is 11. The van der Waals surface area contributed by atoms with Crippen LogP contribution in [0.15, 0.2) is 59.1 Å². The van der Waals surface area contributed by atoms with Crippen molar-refractivity contribution in [3.8, 4) is 5.75 Å². The summed E-state index contributed by atoms with van der Waals surface area (Å²) in [5.41, 5.74) is 5.33. The molecule has 0 heterocycles. The molecule has 2 nitrogen and oxygen atoms in total. The molecular formula is C30H46BrNOSi. The Labute approximate surface area is 219 Å². The number of hydrogen-bond acceptors (Lipinski definition) is 2. The van der Waals surface area contributed by atoms with Gasteiger partial charge in [0.1, 0.15) is 5.75 Å². The lowest BCUT2D eigenvalue weighted by Crippen LogP contribution is -2.50. The van der Waals surface area contributed by atoms with Gasteiger partial charge in [0.25, 0.3) is 8.32 Å². The highest BCUT2D eigenvalue weighted by molar-refractivity contribution is 9.10. The average molecular weight is 545 g/mol. The summed E-state index contributed by atoms with van der Waals surface area (Å²) in [6, 6.07) is 18.4. The quantitative estimate of drug-likeness (QED) is 0.261. The first-order valence-corrected chi connectivity index (χ1v) is 15.8. The van der Waals surface area contributed by atoms with Gasteiger partial charge in [-0.3, -0.25) is 4.90 Å². The Morgan fingerprint density at radius 2 is 1.32 bits per heavy atom. The van der Waals surface area contributed by atoms with E-state index in [9.17, 15) is 0 Å². The van der Waals surface area contributed by atoms with Crippen molar-refractivity contribution in [1.82, 2.24) is 4.90 Å². The van der Waals surface area contributed by atoms with Crippen LogP contribution in [0.1, 0.15) is 80.4 Å². The Hall–Kier alpha value is -1.36. The molecule has 188 valence electrons. The second-order valence-electron chi connectivity index (χ2n) is 10.9. The van der Waals surface area contributed by atoms with Crippen molar-refractivity contribution in [3.05, 3.63) is 70.2 Å². The fourth-order valence-corrected chi connectivity index (χ4v) is 11.4. The fraction of sp³-hybridized carbons (Fsp3) is 0.533. The lowest BCUT2D eigenvalue weighted by Gasteiger charge is -2.42. The molecular weight excluding hydrogens is 498 g/mol. The van der Waals surface area contributed by atoms with Gasteiger partial charge in [-0.15, -0.1) is 0 Å². The molecule has 2 rings (SSSR count). The Morgan fingerprint density at radius 1 is 0.794 bits per heavy atom. The van der Waals surface area contributed by atoms with Crippen LogP contribution in [-0.2, 0) is 0 Å². The SMILES string of the molecule is CC(C)N(C/C=C(/c1ccccc1)c1ccc(O[Si](C(C)C)(C(C)C)C(C)C)c(Br)c1)C(C)C. The van der Waals surface area contributed by atoms with Crippen molar-refractivity contribution in [2.75, 3.05) is 6.54 Å². The molecule has 0 fully saturated rings. The Bertz CT molecular complexity index is 904. The molecule has 0 saturated heterocycles. The predicted octanol–water partition coefficient (Wildman–Crippen LogP) is 9.55. The topological polar surface area (TPSA) is 12.5 Å². The minimum Gasteiger partial charge on any atom is -0.542 e. The van der Waals surface area contributed by atoms with Crippen LogP contribution in [0.3, 0.4) is 0 Å². The molecule has 34 heavy (non-hydrogen) atoms. The van der Waals surface area contributed by atoms with Crippen molar-refractivity contribution in [2.24, 2.45) is 0 Å². The lowest BCUT2D eigenvalue weighted by atomic mass is 9.97. The van der Waals surface area contributed by atoms with Crippen molar-refractivity contribution >= 4 is 29.8 Å². The van der Waals surface area contributed by atoms with Crippen molar-refractivity contribution < 1.29 is 4.43 Å². The molecule has 0 radical (unpaired) electrons. The summed E-state index contributed by atoms with van der Waals surface area (Å²) in [7, 11) is -2.01. The molecule has 0 saturated carbocycles. The number of hydrogen-bond donors (Lipinski definition) is 0. The van der Waals surface area contributed by atoms with Gasteiger partial charge in [0.15, 0.2) is 0 Å². The first-order valence-electron chi connectivity index (χ1n) is 12.9. The molecule has 0 bridgehead atoms. The van der Waals surface area contributed by atoms with E-state index in [4.69, 9.17) is 4.43 Å². The van der Waals surface area contributed by atoms with Crippen molar-refractivity contribution in [3.63, 3.8) is 0 Å². The maximum absolute atomic E-state index is 6.98. The number of benzene rings is 2. The average Bonchev–Trinajstić information content (AvgIpc) is 2.75. The molecule has 0 unspecified atom stereocenters. The molecule has 0 N–H and O–H groups in total. The molecule has 0 amide bonds. The van der Waals surface area contributed by atoms with Gasteiger partial charge in [-0.05, 0) is 89.1 Å². The molecule has 0 aliphatic carbocycles. The minimum atomic E-state index is -2.01. The van der Waals surface area contributed by atoms with Crippen LogP contribution in [0, 0.1) is 0 Å². The van der Waals surface area contributed by atoms with Crippen LogP contribution in [0.2, 0.25) is 16.6 Å². The Balaban J connectivity index is 2.50. The van der Waals surface area contributed by atoms with E-state index in [0.717, 1.165) is 16.8 Å². The maximum Gasteiger partial charge on any atom is 0.258 e. The van der Waals surface area contributed by atoms with E-state index in [1.165, 1.54) is 16.7 Å². The lowest BCUT2D eigenvalue weighted by molar-refractivity contribution is 0.196. The molecule has 2 aromatic carbocycles. The van der Waals surface area contributed by atoms with E-state index in [0.29, 0.717) is 28.7 Å². The summed E-state index contributed by atoms with van der Waals surface area (Å²) in [5.74, 6) is 0.977. The first kappa shape index (κ1) is 28.9. The van der Waals surface area contributed by atoms with Crippen molar-refractivity contribution in [1.29, 1.82) is 0 Å². The van der Waals surface area contributed by atoms with Crippen LogP contribution in [-0.4, -0.2) is 31.8 Å². The minimum absolute atomic E-state index is 0.497. The van der Waals surface area contributed by atoms with Crippen LogP contribution in [0.25, 0.3) is 5.57 Å². The highest BCUT2D eigenvalue weighted by atomic mass is 79.9. The second kappa shape index (κ2) is 12.6. The van der Waals surface area contributed by atoms with Gasteiger partial charge in [-0.25, -0.2) is 0 Å². The van der Waals surface area contributed by atoms with Gasteiger partial charge in [0, 0.05) is 18.6 Å². The summed E-state index contributed by atoms with van der Waals surface area (Å²) in [6.07, 6.45) is 2.38. The second-order valence-corrected chi connectivity index (χ2v) is 17.2. The first-order chi connectivity index (χ1) is 15.9. The van der Waals surface area contributed by atoms with Gasteiger partial charge in [0.05, 0.1) is 4.47 Å². The zero-order valence-corrected chi connectivity index (χ0v) is 25.6. The molecule has 0 aliphatic heterocycles. The van der Waals surface area contributed by atoms with Gasteiger partial charge in [-0.1, -0.05) is 84.0 Å². The van der Waals surface area contributed by atoms with Crippen LogP contribution < -0.4 is 4.43 Å². The van der Waals surface area contributed by atoms with E-state index in [-0.39, 0.29) is 0 Å². The van der Waals surface area contributed by atoms with Crippen molar-refractivity contribution in [2.45, 2.75) is 97.9 Å². The third-order valence-corrected chi connectivity index (χ3v) is 13.8. The van der Waals surface area contributed by atoms with Gasteiger partial charge in [-0.2, -0.15) is 0 Å². The summed E-state index contributed by atoms with van der Waals surface area (Å²) in [4.78, 5) is 2.52. The molecule has 0 atom stereocenters. The van der Waals surface area contributed by atoms with Crippen LogP contribution in [0.5, 0.6) is 5.75 Å². The van der Waals surface area contributed by atoms with E-state index in [1.807, 2.05) is 0 Å². The van der Waals surface area contributed by atoms with Gasteiger partial charge in [0.2, 0.25) is 0 Å². The van der Waals surface area contributed by atoms with E-state index >= 15 is 0 Å². The third-order valence-electron chi connectivity index (χ3n) is 7.15. The molecule has 2 aromatic rings. The zero-order chi connectivity index (χ0) is 25.6. The fourth-order valence-electron chi connectivity index (χ4n) is 5.53. The Morgan fingerprint density at radius 3 is 1.76 bits per heavy atom. The molecule has 0 aromatic heterocycles. The third kappa shape index (κ3) is 6.64. The smallest absolute Gasteiger partial charge is 0.258 e. The summed E-state index contributed by atoms with van der Waals surface area (Å²) in [6.45, 7) is 24.0. The molecule has 4 heteroatoms. The summed E-state index contributed by atoms with van der Waals surface area (Å²) >= 11 is 3.87. The van der Waals surface area contributed by atoms with Crippen LogP contribution in [0.4, 0.5) is 0 Å². The molecule has 0 aliphatic rings.